The molecule has 3 heterocycles. The molecule has 0 aliphatic carbocycles. The molecule has 1 aliphatic rings. The summed E-state index contributed by atoms with van der Waals surface area (Å²) in [6.45, 7) is 4.45. The fourth-order valence-electron chi connectivity index (χ4n) is 3.41. The molecular weight excluding hydrogens is 328 g/mol. The second-order valence-corrected chi connectivity index (χ2v) is 6.70. The van der Waals surface area contributed by atoms with Gasteiger partial charge < -0.3 is 14.7 Å². The number of nitrogens with zero attached hydrogens (tertiary/aromatic N) is 4. The Morgan fingerprint density at radius 2 is 2.04 bits per heavy atom. The lowest BCUT2D eigenvalue weighted by molar-refractivity contribution is 0.145. The lowest BCUT2D eigenvalue weighted by atomic mass is 10.1. The topological polar surface area (TPSA) is 62.9 Å². The number of aromatic nitrogens is 3. The van der Waals surface area contributed by atoms with Gasteiger partial charge in [-0.2, -0.15) is 0 Å². The largest absolute Gasteiger partial charge is 0.494 e. The fourth-order valence-corrected chi connectivity index (χ4v) is 3.41. The number of aliphatic hydroxyl groups excluding tert-OH is 1. The summed E-state index contributed by atoms with van der Waals surface area (Å²) in [5, 5.41) is 9.81. The normalized spacial score (nSPS) is 15.5. The Labute approximate surface area is 153 Å². The maximum atomic E-state index is 9.81. The average molecular weight is 352 g/mol. The van der Waals surface area contributed by atoms with Gasteiger partial charge in [0, 0.05) is 18.7 Å². The summed E-state index contributed by atoms with van der Waals surface area (Å²) in [5.74, 6) is 1.89. The number of hydrogen-bond acceptors (Lipinski definition) is 5. The van der Waals surface area contributed by atoms with Gasteiger partial charge in [0.15, 0.2) is 5.65 Å². The third kappa shape index (κ3) is 3.24. The standard InChI is InChI=1S/C20H24N4O2/c1-2-10-26-17-5-3-4-15(11-17)18-12-22-19-13-21-14-20(24(18)19)23-8-6-16(25)7-9-23/h3-5,11-14,16,25H,2,6-10H2,1H3. The maximum absolute atomic E-state index is 9.81. The highest BCUT2D eigenvalue weighted by Crippen LogP contribution is 2.29. The summed E-state index contributed by atoms with van der Waals surface area (Å²) >= 11 is 0. The Hall–Kier alpha value is -2.60. The minimum atomic E-state index is -0.201. The number of anilines is 1. The van der Waals surface area contributed by atoms with E-state index in [1.807, 2.05) is 24.5 Å². The van der Waals surface area contributed by atoms with E-state index in [-0.39, 0.29) is 6.10 Å². The maximum Gasteiger partial charge on any atom is 0.157 e. The highest BCUT2D eigenvalue weighted by molar-refractivity contribution is 5.68. The Balaban J connectivity index is 1.74. The van der Waals surface area contributed by atoms with Gasteiger partial charge in [0.1, 0.15) is 11.6 Å². The first-order chi connectivity index (χ1) is 12.8. The number of aliphatic hydroxyl groups is 1. The van der Waals surface area contributed by atoms with Gasteiger partial charge in [-0.05, 0) is 31.4 Å². The molecule has 1 aliphatic heterocycles. The third-order valence-corrected chi connectivity index (χ3v) is 4.79. The molecule has 136 valence electrons. The molecule has 1 aromatic carbocycles. The number of rotatable bonds is 5. The predicted octanol–water partition coefficient (Wildman–Crippen LogP) is 3.15. The Bertz CT molecular complexity index is 884. The molecule has 4 rings (SSSR count). The van der Waals surface area contributed by atoms with E-state index in [2.05, 4.69) is 38.3 Å². The van der Waals surface area contributed by atoms with Crippen LogP contribution in [0.1, 0.15) is 26.2 Å². The highest BCUT2D eigenvalue weighted by Gasteiger charge is 2.21. The van der Waals surface area contributed by atoms with E-state index < -0.39 is 0 Å². The van der Waals surface area contributed by atoms with Crippen LogP contribution in [0.2, 0.25) is 0 Å². The second-order valence-electron chi connectivity index (χ2n) is 6.70. The summed E-state index contributed by atoms with van der Waals surface area (Å²) in [7, 11) is 0. The van der Waals surface area contributed by atoms with Crippen LogP contribution in [0, 0.1) is 0 Å². The second kappa shape index (κ2) is 7.33. The van der Waals surface area contributed by atoms with Crippen LogP contribution < -0.4 is 9.64 Å². The van der Waals surface area contributed by atoms with E-state index in [4.69, 9.17) is 4.74 Å². The summed E-state index contributed by atoms with van der Waals surface area (Å²) in [6, 6.07) is 8.13. The van der Waals surface area contributed by atoms with Crippen LogP contribution >= 0.6 is 0 Å². The first-order valence-electron chi connectivity index (χ1n) is 9.24. The van der Waals surface area contributed by atoms with Gasteiger partial charge in [-0.1, -0.05) is 19.1 Å². The van der Waals surface area contributed by atoms with Gasteiger partial charge in [0.25, 0.3) is 0 Å². The molecule has 0 unspecified atom stereocenters. The fraction of sp³-hybridized carbons (Fsp3) is 0.400. The highest BCUT2D eigenvalue weighted by atomic mass is 16.5. The molecule has 0 spiro atoms. The number of imidazole rings is 1. The van der Waals surface area contributed by atoms with E-state index in [9.17, 15) is 5.11 Å². The zero-order chi connectivity index (χ0) is 17.9. The zero-order valence-electron chi connectivity index (χ0n) is 15.0. The smallest absolute Gasteiger partial charge is 0.157 e. The number of fused-ring (bicyclic) bond motifs is 1. The van der Waals surface area contributed by atoms with Crippen LogP contribution in [-0.4, -0.2) is 45.3 Å². The summed E-state index contributed by atoms with van der Waals surface area (Å²) in [4.78, 5) is 11.2. The minimum Gasteiger partial charge on any atom is -0.494 e. The van der Waals surface area contributed by atoms with Crippen LogP contribution in [0.15, 0.2) is 42.9 Å². The number of ether oxygens (including phenoxy) is 1. The van der Waals surface area contributed by atoms with Gasteiger partial charge in [-0.15, -0.1) is 0 Å². The zero-order valence-corrected chi connectivity index (χ0v) is 15.0. The SMILES string of the molecule is CCCOc1cccc(-c2cnc3cncc(N4CCC(O)CC4)n23)c1. The van der Waals surface area contributed by atoms with Gasteiger partial charge in [0.05, 0.1) is 37.0 Å². The number of piperidine rings is 1. The molecule has 0 radical (unpaired) electrons. The number of benzene rings is 1. The first-order valence-corrected chi connectivity index (χ1v) is 9.24. The molecule has 3 aromatic rings. The van der Waals surface area contributed by atoms with Crippen molar-refractivity contribution in [2.45, 2.75) is 32.3 Å². The van der Waals surface area contributed by atoms with Crippen LogP contribution in [0.5, 0.6) is 5.75 Å². The Morgan fingerprint density at radius 1 is 1.19 bits per heavy atom. The van der Waals surface area contributed by atoms with Crippen LogP contribution in [0.25, 0.3) is 16.9 Å². The van der Waals surface area contributed by atoms with Gasteiger partial charge in [0.2, 0.25) is 0 Å². The molecule has 6 heteroatoms. The molecular formula is C20H24N4O2. The molecule has 0 amide bonds. The minimum absolute atomic E-state index is 0.201. The van der Waals surface area contributed by atoms with Crippen molar-refractivity contribution in [2.24, 2.45) is 0 Å². The van der Waals surface area contributed by atoms with Crippen molar-refractivity contribution in [1.82, 2.24) is 14.4 Å². The van der Waals surface area contributed by atoms with Gasteiger partial charge in [-0.3, -0.25) is 9.38 Å². The van der Waals surface area contributed by atoms with E-state index >= 15 is 0 Å². The summed E-state index contributed by atoms with van der Waals surface area (Å²) in [5.41, 5.74) is 2.91. The molecule has 26 heavy (non-hydrogen) atoms. The molecule has 1 N–H and O–H groups in total. The van der Waals surface area contributed by atoms with Gasteiger partial charge >= 0.3 is 0 Å². The lowest BCUT2D eigenvalue weighted by Crippen LogP contribution is -2.36. The van der Waals surface area contributed by atoms with Crippen molar-refractivity contribution in [1.29, 1.82) is 0 Å². The molecule has 0 atom stereocenters. The summed E-state index contributed by atoms with van der Waals surface area (Å²) in [6.07, 6.45) is 7.89. The van der Waals surface area contributed by atoms with E-state index in [0.717, 1.165) is 60.8 Å². The van der Waals surface area contributed by atoms with Crippen molar-refractivity contribution < 1.29 is 9.84 Å². The third-order valence-electron chi connectivity index (χ3n) is 4.79. The molecule has 1 saturated heterocycles. The van der Waals surface area contributed by atoms with Crippen LogP contribution in [-0.2, 0) is 0 Å². The van der Waals surface area contributed by atoms with Crippen molar-refractivity contribution in [3.8, 4) is 17.0 Å². The predicted molar refractivity (Wildman–Crippen MR) is 102 cm³/mol. The monoisotopic (exact) mass is 352 g/mol. The van der Waals surface area contributed by atoms with Crippen molar-refractivity contribution >= 4 is 11.5 Å². The van der Waals surface area contributed by atoms with Crippen LogP contribution in [0.3, 0.4) is 0 Å². The molecule has 0 saturated carbocycles. The van der Waals surface area contributed by atoms with Crippen molar-refractivity contribution in [3.05, 3.63) is 42.9 Å². The van der Waals surface area contributed by atoms with Crippen LogP contribution in [0.4, 0.5) is 5.82 Å². The van der Waals surface area contributed by atoms with Crippen molar-refractivity contribution in [2.75, 3.05) is 24.6 Å². The molecule has 6 nitrogen and oxygen atoms in total. The molecule has 1 fully saturated rings. The molecule has 2 aromatic heterocycles. The Morgan fingerprint density at radius 3 is 2.85 bits per heavy atom. The van der Waals surface area contributed by atoms with Gasteiger partial charge in [-0.25, -0.2) is 4.98 Å². The van der Waals surface area contributed by atoms with E-state index in [1.165, 1.54) is 0 Å². The average Bonchev–Trinajstić information content (AvgIpc) is 3.11. The summed E-state index contributed by atoms with van der Waals surface area (Å²) < 4.78 is 7.93. The quantitative estimate of drug-likeness (QED) is 0.764. The van der Waals surface area contributed by atoms with Crippen molar-refractivity contribution in [3.63, 3.8) is 0 Å². The molecule has 0 bridgehead atoms. The van der Waals surface area contributed by atoms with E-state index in [0.29, 0.717) is 6.61 Å². The number of hydrogen-bond donors (Lipinski definition) is 1. The Kier molecular flexibility index (Phi) is 4.75. The first kappa shape index (κ1) is 16.8. The lowest BCUT2D eigenvalue weighted by Gasteiger charge is -2.31. The van der Waals surface area contributed by atoms with E-state index in [1.54, 1.807) is 6.20 Å².